The van der Waals surface area contributed by atoms with Crippen LogP contribution in [0.5, 0.6) is 0 Å². The van der Waals surface area contributed by atoms with Crippen LogP contribution in [0.4, 0.5) is 0 Å². The van der Waals surface area contributed by atoms with Crippen LogP contribution in [0.3, 0.4) is 0 Å². The zero-order chi connectivity index (χ0) is 17.4. The van der Waals surface area contributed by atoms with Gasteiger partial charge in [-0.25, -0.2) is 0 Å². The fourth-order valence-corrected chi connectivity index (χ4v) is 2.49. The molecule has 0 aliphatic carbocycles. The molecule has 0 aliphatic rings. The van der Waals surface area contributed by atoms with Crippen LogP contribution in [0.15, 0.2) is 39.8 Å². The highest BCUT2D eigenvalue weighted by Crippen LogP contribution is 2.16. The number of nitrogens with zero attached hydrogens (tertiary/aromatic N) is 2. The zero-order valence-corrected chi connectivity index (χ0v) is 18.0. The Hall–Kier alpha value is -1.28. The van der Waals surface area contributed by atoms with E-state index in [1.165, 1.54) is 5.56 Å². The number of halogens is 2. The van der Waals surface area contributed by atoms with Gasteiger partial charge in [0.1, 0.15) is 0 Å². The van der Waals surface area contributed by atoms with Gasteiger partial charge in [0.05, 0.1) is 12.2 Å². The van der Waals surface area contributed by atoms with Gasteiger partial charge in [0.15, 0.2) is 11.7 Å². The topological polar surface area (TPSA) is 62.5 Å². The van der Waals surface area contributed by atoms with Crippen molar-refractivity contribution in [3.63, 3.8) is 0 Å². The fraction of sp³-hybridized carbons (Fsp3) is 0.444. The van der Waals surface area contributed by atoms with E-state index in [1.54, 1.807) is 7.05 Å². The molecule has 0 saturated carbocycles. The van der Waals surface area contributed by atoms with Crippen molar-refractivity contribution >= 4 is 41.5 Å². The van der Waals surface area contributed by atoms with Crippen molar-refractivity contribution in [1.82, 2.24) is 15.8 Å². The molecule has 0 atom stereocenters. The molecule has 1 heterocycles. The van der Waals surface area contributed by atoms with Crippen molar-refractivity contribution in [1.29, 1.82) is 0 Å². The summed E-state index contributed by atoms with van der Waals surface area (Å²) >= 11 is 6.16. The molecule has 0 amide bonds. The first-order valence-electron chi connectivity index (χ1n) is 8.23. The third-order valence-corrected chi connectivity index (χ3v) is 4.06. The number of rotatable bonds is 7. The number of guanidine groups is 1. The number of hydrogen-bond donors (Lipinski definition) is 2. The molecule has 0 bridgehead atoms. The summed E-state index contributed by atoms with van der Waals surface area (Å²) in [5, 5.41) is 11.4. The van der Waals surface area contributed by atoms with Gasteiger partial charge in [-0.1, -0.05) is 48.8 Å². The van der Waals surface area contributed by atoms with Gasteiger partial charge in [-0.05, 0) is 30.4 Å². The van der Waals surface area contributed by atoms with Crippen LogP contribution in [0.1, 0.15) is 43.2 Å². The fourth-order valence-electron chi connectivity index (χ4n) is 2.26. The maximum absolute atomic E-state index is 6.16. The Morgan fingerprint density at radius 3 is 2.68 bits per heavy atom. The van der Waals surface area contributed by atoms with E-state index in [4.69, 9.17) is 16.1 Å². The summed E-state index contributed by atoms with van der Waals surface area (Å²) in [6.07, 6.45) is 1.91. The zero-order valence-electron chi connectivity index (χ0n) is 14.9. The first-order valence-corrected chi connectivity index (χ1v) is 8.61. The van der Waals surface area contributed by atoms with E-state index in [2.05, 4.69) is 40.7 Å². The summed E-state index contributed by atoms with van der Waals surface area (Å²) in [5.41, 5.74) is 2.14. The predicted molar refractivity (Wildman–Crippen MR) is 114 cm³/mol. The minimum absolute atomic E-state index is 0. The number of aromatic nitrogens is 1. The van der Waals surface area contributed by atoms with E-state index >= 15 is 0 Å². The maximum atomic E-state index is 6.16. The van der Waals surface area contributed by atoms with Gasteiger partial charge in [0.2, 0.25) is 0 Å². The average Bonchev–Trinajstić information content (AvgIpc) is 3.05. The molecule has 0 fully saturated rings. The first-order chi connectivity index (χ1) is 11.6. The summed E-state index contributed by atoms with van der Waals surface area (Å²) in [6, 6.07) is 9.92. The molecular weight excluding hydrogens is 451 g/mol. The van der Waals surface area contributed by atoms with E-state index in [9.17, 15) is 0 Å². The molecule has 1 aromatic heterocycles. The molecule has 7 heteroatoms. The van der Waals surface area contributed by atoms with E-state index < -0.39 is 0 Å². The molecule has 0 spiro atoms. The minimum atomic E-state index is 0. The molecule has 25 heavy (non-hydrogen) atoms. The Kier molecular flexibility index (Phi) is 9.89. The molecule has 2 aromatic rings. The van der Waals surface area contributed by atoms with Crippen molar-refractivity contribution in [2.75, 3.05) is 13.6 Å². The Morgan fingerprint density at radius 2 is 2.04 bits per heavy atom. The average molecular weight is 477 g/mol. The van der Waals surface area contributed by atoms with Gasteiger partial charge in [-0.3, -0.25) is 4.99 Å². The van der Waals surface area contributed by atoms with Gasteiger partial charge in [0.25, 0.3) is 0 Å². The van der Waals surface area contributed by atoms with Gasteiger partial charge >= 0.3 is 0 Å². The van der Waals surface area contributed by atoms with Crippen molar-refractivity contribution in [3.05, 3.63) is 52.4 Å². The molecule has 138 valence electrons. The van der Waals surface area contributed by atoms with Crippen LogP contribution in [-0.2, 0) is 13.0 Å². The third-order valence-electron chi connectivity index (χ3n) is 3.70. The third kappa shape index (κ3) is 7.23. The summed E-state index contributed by atoms with van der Waals surface area (Å²) in [7, 11) is 1.75. The second-order valence-corrected chi connectivity index (χ2v) is 6.33. The lowest BCUT2D eigenvalue weighted by atomic mass is 10.1. The number of benzene rings is 1. The number of aryl methyl sites for hydroxylation is 1. The second kappa shape index (κ2) is 11.4. The molecule has 5 nitrogen and oxygen atoms in total. The minimum Gasteiger partial charge on any atom is -0.359 e. The van der Waals surface area contributed by atoms with Gasteiger partial charge in [-0.2, -0.15) is 0 Å². The predicted octanol–water partition coefficient (Wildman–Crippen LogP) is 4.37. The monoisotopic (exact) mass is 476 g/mol. The van der Waals surface area contributed by atoms with E-state index in [0.717, 1.165) is 41.8 Å². The van der Waals surface area contributed by atoms with Gasteiger partial charge in [-0.15, -0.1) is 24.0 Å². The molecule has 0 saturated heterocycles. The van der Waals surface area contributed by atoms with Crippen molar-refractivity contribution in [2.45, 2.75) is 39.2 Å². The first kappa shape index (κ1) is 21.8. The molecule has 2 rings (SSSR count). The molecular formula is C18H26ClIN4O. The van der Waals surface area contributed by atoms with Crippen LogP contribution in [0.25, 0.3) is 0 Å². The number of nitrogens with one attached hydrogen (secondary N) is 2. The largest absolute Gasteiger partial charge is 0.359 e. The highest BCUT2D eigenvalue weighted by atomic mass is 127. The summed E-state index contributed by atoms with van der Waals surface area (Å²) in [5.74, 6) is 1.92. The van der Waals surface area contributed by atoms with Crippen LogP contribution >= 0.6 is 35.6 Å². The Balaban J connectivity index is 0.00000312. The van der Waals surface area contributed by atoms with Crippen LogP contribution in [-0.4, -0.2) is 24.7 Å². The lowest BCUT2D eigenvalue weighted by Crippen LogP contribution is -2.37. The number of aliphatic imine (C=N–C) groups is 1. The van der Waals surface area contributed by atoms with Crippen molar-refractivity contribution in [2.24, 2.45) is 4.99 Å². The second-order valence-electron chi connectivity index (χ2n) is 5.92. The van der Waals surface area contributed by atoms with E-state index in [-0.39, 0.29) is 24.0 Å². The highest BCUT2D eigenvalue weighted by molar-refractivity contribution is 14.0. The van der Waals surface area contributed by atoms with Crippen LogP contribution < -0.4 is 10.6 Å². The Labute approximate surface area is 171 Å². The normalized spacial score (nSPS) is 11.3. The van der Waals surface area contributed by atoms with Gasteiger partial charge < -0.3 is 15.2 Å². The maximum Gasteiger partial charge on any atom is 0.191 e. The number of hydrogen-bond acceptors (Lipinski definition) is 3. The highest BCUT2D eigenvalue weighted by Gasteiger charge is 2.08. The molecule has 2 N–H and O–H groups in total. The van der Waals surface area contributed by atoms with Crippen LogP contribution in [0, 0.1) is 0 Å². The van der Waals surface area contributed by atoms with Crippen molar-refractivity contribution in [3.8, 4) is 0 Å². The molecule has 0 radical (unpaired) electrons. The molecule has 1 aromatic carbocycles. The Morgan fingerprint density at radius 1 is 1.28 bits per heavy atom. The van der Waals surface area contributed by atoms with Crippen molar-refractivity contribution < 1.29 is 4.52 Å². The Bertz CT molecular complexity index is 673. The standard InChI is InChI=1S/C18H25ClN4O.HI/c1-13(2)17-11-15(24-23-17)12-22-18(20-3)21-10-6-8-14-7-4-5-9-16(14)19;/h4-5,7,9,11,13H,6,8,10,12H2,1-3H3,(H2,20,21,22);1H. The van der Waals surface area contributed by atoms with E-state index in [0.29, 0.717) is 12.5 Å². The lowest BCUT2D eigenvalue weighted by Gasteiger charge is -2.11. The van der Waals surface area contributed by atoms with Crippen LogP contribution in [0.2, 0.25) is 5.02 Å². The van der Waals surface area contributed by atoms with Gasteiger partial charge in [0, 0.05) is 24.7 Å². The SMILES string of the molecule is CN=C(NCCCc1ccccc1Cl)NCc1cc(C(C)C)no1.I. The summed E-state index contributed by atoms with van der Waals surface area (Å²) in [4.78, 5) is 4.21. The summed E-state index contributed by atoms with van der Waals surface area (Å²) in [6.45, 7) is 5.56. The lowest BCUT2D eigenvalue weighted by molar-refractivity contribution is 0.372. The van der Waals surface area contributed by atoms with E-state index in [1.807, 2.05) is 24.3 Å². The molecule has 0 aliphatic heterocycles. The molecule has 0 unspecified atom stereocenters. The smallest absolute Gasteiger partial charge is 0.191 e. The summed E-state index contributed by atoms with van der Waals surface area (Å²) < 4.78 is 5.31. The quantitative estimate of drug-likeness (QED) is 0.270.